The number of nitrogens with zero attached hydrogens (tertiary/aromatic N) is 1. The van der Waals surface area contributed by atoms with Crippen molar-refractivity contribution in [1.82, 2.24) is 14.4 Å². The standard InChI is InChI=1S/C10H18N4O4S2/c1-3-13-19(15,16)7-6-14-20(17,18)10-8-12-5-4-9(10)11-2/h4-5,8,13-14H,3,6-7H2,1-2H3,(H,11,12). The van der Waals surface area contributed by atoms with Crippen molar-refractivity contribution in [2.45, 2.75) is 11.8 Å². The van der Waals surface area contributed by atoms with Gasteiger partial charge in [-0.1, -0.05) is 6.92 Å². The molecule has 1 aromatic heterocycles. The van der Waals surface area contributed by atoms with Gasteiger partial charge in [-0.05, 0) is 6.07 Å². The predicted molar refractivity (Wildman–Crippen MR) is 76.4 cm³/mol. The number of hydrogen-bond donors (Lipinski definition) is 3. The van der Waals surface area contributed by atoms with Gasteiger partial charge in [0.05, 0.1) is 11.4 Å². The van der Waals surface area contributed by atoms with E-state index in [1.54, 1.807) is 14.0 Å². The van der Waals surface area contributed by atoms with E-state index in [1.807, 2.05) is 0 Å². The summed E-state index contributed by atoms with van der Waals surface area (Å²) in [5, 5.41) is 2.74. The van der Waals surface area contributed by atoms with Crippen LogP contribution in [0.15, 0.2) is 23.4 Å². The van der Waals surface area contributed by atoms with Crippen molar-refractivity contribution < 1.29 is 16.8 Å². The molecule has 0 radical (unpaired) electrons. The lowest BCUT2D eigenvalue weighted by Crippen LogP contribution is -2.34. The zero-order valence-electron chi connectivity index (χ0n) is 11.3. The van der Waals surface area contributed by atoms with Gasteiger partial charge >= 0.3 is 0 Å². The van der Waals surface area contributed by atoms with Gasteiger partial charge in [-0.15, -0.1) is 0 Å². The molecule has 1 aromatic rings. The fraction of sp³-hybridized carbons (Fsp3) is 0.500. The van der Waals surface area contributed by atoms with Gasteiger partial charge in [0.25, 0.3) is 0 Å². The first-order valence-electron chi connectivity index (χ1n) is 5.91. The second kappa shape index (κ2) is 6.97. The average molecular weight is 322 g/mol. The largest absolute Gasteiger partial charge is 0.387 e. The molecule has 0 fully saturated rings. The maximum Gasteiger partial charge on any atom is 0.244 e. The van der Waals surface area contributed by atoms with Gasteiger partial charge in [-0.25, -0.2) is 26.3 Å². The third-order valence-electron chi connectivity index (χ3n) is 2.37. The molecule has 10 heteroatoms. The summed E-state index contributed by atoms with van der Waals surface area (Å²) in [5.41, 5.74) is 0.391. The Labute approximate surface area is 119 Å². The quantitative estimate of drug-likeness (QED) is 0.585. The van der Waals surface area contributed by atoms with Crippen molar-refractivity contribution in [3.63, 3.8) is 0 Å². The van der Waals surface area contributed by atoms with Crippen LogP contribution in [-0.2, 0) is 20.0 Å². The molecule has 8 nitrogen and oxygen atoms in total. The highest BCUT2D eigenvalue weighted by atomic mass is 32.2. The van der Waals surface area contributed by atoms with Crippen LogP contribution >= 0.6 is 0 Å². The van der Waals surface area contributed by atoms with Crippen LogP contribution in [0.1, 0.15) is 6.92 Å². The van der Waals surface area contributed by atoms with Crippen LogP contribution in [0.2, 0.25) is 0 Å². The molecule has 0 saturated carbocycles. The van der Waals surface area contributed by atoms with Gasteiger partial charge < -0.3 is 5.32 Å². The molecule has 0 amide bonds. The third kappa shape index (κ3) is 4.71. The molecule has 0 spiro atoms. The van der Waals surface area contributed by atoms with Gasteiger partial charge in [-0.3, -0.25) is 4.98 Å². The van der Waals surface area contributed by atoms with Gasteiger partial charge in [0, 0.05) is 32.5 Å². The first kappa shape index (κ1) is 16.8. The molecule has 1 heterocycles. The minimum Gasteiger partial charge on any atom is -0.387 e. The van der Waals surface area contributed by atoms with Crippen molar-refractivity contribution in [2.24, 2.45) is 0 Å². The van der Waals surface area contributed by atoms with Crippen LogP contribution in [0.5, 0.6) is 0 Å². The molecule has 1 rings (SSSR count). The minimum absolute atomic E-state index is 0.0247. The van der Waals surface area contributed by atoms with Gasteiger partial charge in [-0.2, -0.15) is 0 Å². The molecule has 3 N–H and O–H groups in total. The summed E-state index contributed by atoms with van der Waals surface area (Å²) >= 11 is 0. The lowest BCUT2D eigenvalue weighted by molar-refractivity contribution is 0.576. The van der Waals surface area contributed by atoms with E-state index in [1.165, 1.54) is 18.5 Å². The van der Waals surface area contributed by atoms with Crippen molar-refractivity contribution in [1.29, 1.82) is 0 Å². The maximum absolute atomic E-state index is 12.0. The molecule has 0 unspecified atom stereocenters. The highest BCUT2D eigenvalue weighted by Gasteiger charge is 2.19. The van der Waals surface area contributed by atoms with E-state index in [9.17, 15) is 16.8 Å². The molecule has 114 valence electrons. The lowest BCUT2D eigenvalue weighted by atomic mass is 10.4. The van der Waals surface area contributed by atoms with Crippen LogP contribution in [0, 0.1) is 0 Å². The van der Waals surface area contributed by atoms with Gasteiger partial charge in [0.1, 0.15) is 4.90 Å². The molecule has 0 aliphatic rings. The molecular formula is C10H18N4O4S2. The van der Waals surface area contributed by atoms with E-state index in [4.69, 9.17) is 0 Å². The molecule has 0 aromatic carbocycles. The second-order valence-corrected chi connectivity index (χ2v) is 7.50. The summed E-state index contributed by atoms with van der Waals surface area (Å²) < 4.78 is 51.4. The van der Waals surface area contributed by atoms with E-state index < -0.39 is 20.0 Å². The Morgan fingerprint density at radius 3 is 2.50 bits per heavy atom. The second-order valence-electron chi connectivity index (χ2n) is 3.84. The SMILES string of the molecule is CCNS(=O)(=O)CCNS(=O)(=O)c1cnccc1NC. The van der Waals surface area contributed by atoms with E-state index in [-0.39, 0.29) is 23.7 Å². The maximum atomic E-state index is 12.0. The summed E-state index contributed by atoms with van der Waals surface area (Å²) in [6.45, 7) is 1.70. The van der Waals surface area contributed by atoms with E-state index in [0.717, 1.165) is 0 Å². The number of rotatable bonds is 8. The van der Waals surface area contributed by atoms with Crippen LogP contribution in [-0.4, -0.2) is 47.7 Å². The van der Waals surface area contributed by atoms with Crippen molar-refractivity contribution in [2.75, 3.05) is 31.2 Å². The van der Waals surface area contributed by atoms with Gasteiger partial charge in [0.15, 0.2) is 0 Å². The summed E-state index contributed by atoms with van der Waals surface area (Å²) in [7, 11) is -5.68. The lowest BCUT2D eigenvalue weighted by Gasteiger charge is -2.10. The zero-order chi connectivity index (χ0) is 15.2. The fourth-order valence-corrected chi connectivity index (χ4v) is 3.75. The topological polar surface area (TPSA) is 117 Å². The highest BCUT2D eigenvalue weighted by Crippen LogP contribution is 2.18. The van der Waals surface area contributed by atoms with E-state index >= 15 is 0 Å². The fourth-order valence-electron chi connectivity index (χ4n) is 1.48. The van der Waals surface area contributed by atoms with Crippen LogP contribution < -0.4 is 14.8 Å². The summed E-state index contributed by atoms with van der Waals surface area (Å²) in [6, 6.07) is 1.52. The monoisotopic (exact) mass is 322 g/mol. The Balaban J connectivity index is 2.77. The Bertz CT molecular complexity index is 643. The van der Waals surface area contributed by atoms with E-state index in [2.05, 4.69) is 19.7 Å². The van der Waals surface area contributed by atoms with Crippen LogP contribution in [0.3, 0.4) is 0 Å². The third-order valence-corrected chi connectivity index (χ3v) is 5.33. The smallest absolute Gasteiger partial charge is 0.244 e. The Morgan fingerprint density at radius 1 is 1.20 bits per heavy atom. The summed E-state index contributed by atoms with van der Waals surface area (Å²) in [4.78, 5) is 3.73. The Hall–Kier alpha value is -1.23. The molecule has 0 aliphatic carbocycles. The highest BCUT2D eigenvalue weighted by molar-refractivity contribution is 7.90. The Kier molecular flexibility index (Phi) is 5.87. The minimum atomic E-state index is -3.81. The molecule has 0 atom stereocenters. The van der Waals surface area contributed by atoms with Crippen molar-refractivity contribution >= 4 is 25.7 Å². The molecule has 0 saturated heterocycles. The summed E-state index contributed by atoms with van der Waals surface area (Å²) in [5.74, 6) is -0.324. The number of anilines is 1. The predicted octanol–water partition coefficient (Wildman–Crippen LogP) is -0.659. The van der Waals surface area contributed by atoms with Crippen LogP contribution in [0.4, 0.5) is 5.69 Å². The number of sulfonamides is 2. The Morgan fingerprint density at radius 2 is 1.90 bits per heavy atom. The first-order chi connectivity index (χ1) is 9.32. The number of nitrogens with one attached hydrogen (secondary N) is 3. The molecule has 0 bridgehead atoms. The molecule has 20 heavy (non-hydrogen) atoms. The van der Waals surface area contributed by atoms with E-state index in [0.29, 0.717) is 5.69 Å². The number of aromatic nitrogens is 1. The normalized spacial score (nSPS) is 12.3. The molecule has 0 aliphatic heterocycles. The van der Waals surface area contributed by atoms with Crippen molar-refractivity contribution in [3.8, 4) is 0 Å². The summed E-state index contributed by atoms with van der Waals surface area (Å²) in [6.07, 6.45) is 2.66. The van der Waals surface area contributed by atoms with Gasteiger partial charge in [0.2, 0.25) is 20.0 Å². The van der Waals surface area contributed by atoms with Crippen LogP contribution in [0.25, 0.3) is 0 Å². The average Bonchev–Trinajstić information content (AvgIpc) is 2.38. The van der Waals surface area contributed by atoms with Crippen molar-refractivity contribution in [3.05, 3.63) is 18.5 Å². The number of pyridine rings is 1. The zero-order valence-corrected chi connectivity index (χ0v) is 12.9. The number of hydrogen-bond acceptors (Lipinski definition) is 6. The first-order valence-corrected chi connectivity index (χ1v) is 9.04. The molecular weight excluding hydrogens is 304 g/mol.